The number of aromatic nitrogens is 2. The summed E-state index contributed by atoms with van der Waals surface area (Å²) in [6.07, 6.45) is 0. The van der Waals surface area contributed by atoms with Crippen LogP contribution >= 0.6 is 0 Å². The van der Waals surface area contributed by atoms with Crippen LogP contribution in [0.5, 0.6) is 11.5 Å². The minimum absolute atomic E-state index is 0.602. The van der Waals surface area contributed by atoms with Crippen LogP contribution in [-0.2, 0) is 5.41 Å². The van der Waals surface area contributed by atoms with Crippen LogP contribution in [0.2, 0.25) is 0 Å². The zero-order valence-corrected chi connectivity index (χ0v) is 26.1. The lowest BCUT2D eigenvalue weighted by molar-refractivity contribution is 0.434. The van der Waals surface area contributed by atoms with Crippen LogP contribution in [-0.4, -0.2) is 9.97 Å². The molecule has 0 aliphatic carbocycles. The van der Waals surface area contributed by atoms with Crippen LogP contribution in [0.4, 0.5) is 0 Å². The molecule has 48 heavy (non-hydrogen) atoms. The van der Waals surface area contributed by atoms with Crippen molar-refractivity contribution in [2.45, 2.75) is 5.41 Å². The van der Waals surface area contributed by atoms with Gasteiger partial charge in [0.25, 0.3) is 0 Å². The Morgan fingerprint density at radius 3 is 1.65 bits per heavy atom. The first-order valence-corrected chi connectivity index (χ1v) is 16.3. The van der Waals surface area contributed by atoms with Gasteiger partial charge >= 0.3 is 0 Å². The molecule has 2 heterocycles. The first-order valence-electron chi connectivity index (χ1n) is 16.3. The lowest BCUT2D eigenvalue weighted by Gasteiger charge is -2.42. The topological polar surface area (TPSA) is 35.0 Å². The first-order chi connectivity index (χ1) is 23.8. The Morgan fingerprint density at radius 2 is 0.938 bits per heavy atom. The van der Waals surface area contributed by atoms with Gasteiger partial charge in [-0.15, -0.1) is 0 Å². The van der Waals surface area contributed by atoms with Gasteiger partial charge in [-0.3, -0.25) is 0 Å². The molecule has 1 aliphatic rings. The Balaban J connectivity index is 1.25. The molecule has 0 saturated heterocycles. The van der Waals surface area contributed by atoms with Crippen LogP contribution < -0.4 is 4.74 Å². The SMILES string of the molecule is c1ccc(-c2nc(-c3ccc(-c4ccccc4C4(c5ccccc5)c5ccccc5Oc5ccccc54)cc3)c3ccccc3n2)cc1. The minimum Gasteiger partial charge on any atom is -0.457 e. The van der Waals surface area contributed by atoms with Gasteiger partial charge in [-0.1, -0.05) is 164 Å². The molecule has 1 aliphatic heterocycles. The molecule has 0 amide bonds. The van der Waals surface area contributed by atoms with Crippen LogP contribution in [0.1, 0.15) is 22.3 Å². The van der Waals surface area contributed by atoms with Crippen molar-refractivity contribution in [2.75, 3.05) is 0 Å². The van der Waals surface area contributed by atoms with Crippen molar-refractivity contribution < 1.29 is 4.74 Å². The normalized spacial score (nSPS) is 12.9. The van der Waals surface area contributed by atoms with E-state index in [-0.39, 0.29) is 0 Å². The van der Waals surface area contributed by atoms with Crippen molar-refractivity contribution in [3.8, 4) is 45.3 Å². The number of hydrogen-bond acceptors (Lipinski definition) is 3. The summed E-state index contributed by atoms with van der Waals surface area (Å²) in [5, 5.41) is 1.03. The molecule has 0 radical (unpaired) electrons. The van der Waals surface area contributed by atoms with Crippen molar-refractivity contribution in [3.63, 3.8) is 0 Å². The second kappa shape index (κ2) is 11.5. The second-order valence-corrected chi connectivity index (χ2v) is 12.1. The quantitative estimate of drug-likeness (QED) is 0.193. The lowest BCUT2D eigenvalue weighted by atomic mass is 9.62. The van der Waals surface area contributed by atoms with E-state index in [9.17, 15) is 0 Å². The highest BCUT2D eigenvalue weighted by molar-refractivity contribution is 5.94. The van der Waals surface area contributed by atoms with Gasteiger partial charge in [-0.05, 0) is 40.5 Å². The lowest BCUT2D eigenvalue weighted by Crippen LogP contribution is -2.34. The highest BCUT2D eigenvalue weighted by Crippen LogP contribution is 2.56. The molecule has 0 unspecified atom stereocenters. The largest absolute Gasteiger partial charge is 0.457 e. The van der Waals surface area contributed by atoms with Gasteiger partial charge in [-0.2, -0.15) is 0 Å². The highest BCUT2D eigenvalue weighted by Gasteiger charge is 2.46. The van der Waals surface area contributed by atoms with Crippen LogP contribution in [0.25, 0.3) is 44.7 Å². The molecular formula is C45H30N2O. The number of ether oxygens (including phenoxy) is 1. The monoisotopic (exact) mass is 614 g/mol. The number of benzene rings is 7. The molecule has 0 fully saturated rings. The molecule has 7 aromatic carbocycles. The third kappa shape index (κ3) is 4.44. The summed E-state index contributed by atoms with van der Waals surface area (Å²) in [7, 11) is 0. The van der Waals surface area contributed by atoms with E-state index in [1.54, 1.807) is 0 Å². The molecule has 226 valence electrons. The average molecular weight is 615 g/mol. The van der Waals surface area contributed by atoms with E-state index in [2.05, 4.69) is 146 Å². The van der Waals surface area contributed by atoms with Gasteiger partial charge in [0.1, 0.15) is 11.5 Å². The number of nitrogens with zero attached hydrogens (tertiary/aromatic N) is 2. The van der Waals surface area contributed by atoms with Crippen LogP contribution in [0.15, 0.2) is 182 Å². The van der Waals surface area contributed by atoms with E-state index in [1.807, 2.05) is 36.4 Å². The molecule has 0 spiro atoms. The van der Waals surface area contributed by atoms with Gasteiger partial charge in [0.15, 0.2) is 5.82 Å². The van der Waals surface area contributed by atoms with Crippen molar-refractivity contribution in [1.29, 1.82) is 0 Å². The van der Waals surface area contributed by atoms with E-state index in [0.717, 1.165) is 67.3 Å². The smallest absolute Gasteiger partial charge is 0.160 e. The van der Waals surface area contributed by atoms with Crippen LogP contribution in [0.3, 0.4) is 0 Å². The summed E-state index contributed by atoms with van der Waals surface area (Å²) < 4.78 is 6.55. The Morgan fingerprint density at radius 1 is 0.396 bits per heavy atom. The molecule has 3 heteroatoms. The Hall–Kier alpha value is -6.32. The Labute approximate surface area is 279 Å². The number of para-hydroxylation sites is 3. The van der Waals surface area contributed by atoms with Crippen LogP contribution in [0, 0.1) is 0 Å². The van der Waals surface area contributed by atoms with Gasteiger partial charge in [0.05, 0.1) is 16.6 Å². The maximum absolute atomic E-state index is 6.55. The summed E-state index contributed by atoms with van der Waals surface area (Å²) in [4.78, 5) is 10.0. The fraction of sp³-hybridized carbons (Fsp3) is 0.0222. The fourth-order valence-electron chi connectivity index (χ4n) is 7.32. The van der Waals surface area contributed by atoms with Gasteiger partial charge < -0.3 is 4.74 Å². The van der Waals surface area contributed by atoms with E-state index in [0.29, 0.717) is 0 Å². The third-order valence-electron chi connectivity index (χ3n) is 9.44. The maximum atomic E-state index is 6.55. The summed E-state index contributed by atoms with van der Waals surface area (Å²) in [6, 6.07) is 63.8. The number of fused-ring (bicyclic) bond motifs is 3. The average Bonchev–Trinajstić information content (AvgIpc) is 3.17. The summed E-state index contributed by atoms with van der Waals surface area (Å²) in [5.74, 6) is 2.46. The third-order valence-corrected chi connectivity index (χ3v) is 9.44. The number of rotatable bonds is 5. The van der Waals surface area contributed by atoms with Gasteiger partial charge in [0.2, 0.25) is 0 Å². The predicted molar refractivity (Wildman–Crippen MR) is 194 cm³/mol. The van der Waals surface area contributed by atoms with E-state index in [1.165, 1.54) is 11.1 Å². The minimum atomic E-state index is -0.602. The standard InChI is InChI=1S/C45H30N2O/c1-3-15-33(16-4-1)44-46-40-24-12-8-20-36(40)43(47-44)32-29-27-31(28-30-32)35-19-7-9-21-37(35)45(34-17-5-2-6-18-34)38-22-10-13-25-41(38)48-42-26-14-11-23-39(42)45/h1-30H. The zero-order chi connectivity index (χ0) is 31.9. The molecule has 0 atom stereocenters. The van der Waals surface area contributed by atoms with Crippen molar-refractivity contribution >= 4 is 10.9 Å². The molecule has 3 nitrogen and oxygen atoms in total. The van der Waals surface area contributed by atoms with E-state index in [4.69, 9.17) is 14.7 Å². The summed E-state index contributed by atoms with van der Waals surface area (Å²) in [6.45, 7) is 0. The zero-order valence-electron chi connectivity index (χ0n) is 26.1. The molecule has 9 rings (SSSR count). The van der Waals surface area contributed by atoms with Crippen molar-refractivity contribution in [3.05, 3.63) is 204 Å². The second-order valence-electron chi connectivity index (χ2n) is 12.1. The van der Waals surface area contributed by atoms with E-state index < -0.39 is 5.41 Å². The number of hydrogen-bond donors (Lipinski definition) is 0. The molecule has 0 saturated carbocycles. The molecule has 8 aromatic rings. The molecule has 0 bridgehead atoms. The Bertz CT molecular complexity index is 2370. The summed E-state index contributed by atoms with van der Waals surface area (Å²) >= 11 is 0. The highest BCUT2D eigenvalue weighted by atomic mass is 16.5. The maximum Gasteiger partial charge on any atom is 0.160 e. The fourth-order valence-corrected chi connectivity index (χ4v) is 7.32. The van der Waals surface area contributed by atoms with Gasteiger partial charge in [0, 0.05) is 27.6 Å². The summed E-state index contributed by atoms with van der Waals surface area (Å²) in [5.41, 5.74) is 10.2. The van der Waals surface area contributed by atoms with Crippen molar-refractivity contribution in [2.24, 2.45) is 0 Å². The molecular weight excluding hydrogens is 585 g/mol. The molecule has 0 N–H and O–H groups in total. The Kier molecular flexibility index (Phi) is 6.69. The first kappa shape index (κ1) is 27.9. The van der Waals surface area contributed by atoms with Crippen molar-refractivity contribution in [1.82, 2.24) is 9.97 Å². The predicted octanol–water partition coefficient (Wildman–Crippen LogP) is 11.1. The van der Waals surface area contributed by atoms with E-state index >= 15 is 0 Å². The molecule has 1 aromatic heterocycles. The van der Waals surface area contributed by atoms with Gasteiger partial charge in [-0.25, -0.2) is 9.97 Å².